The van der Waals surface area contributed by atoms with Crippen molar-refractivity contribution in [1.29, 1.82) is 0 Å². The molecule has 114 valence electrons. The predicted octanol–water partition coefficient (Wildman–Crippen LogP) is 3.15. The molecule has 0 fully saturated rings. The summed E-state index contributed by atoms with van der Waals surface area (Å²) in [5, 5.41) is 9.05. The molecule has 1 rings (SSSR count). The van der Waals surface area contributed by atoms with Gasteiger partial charge in [0, 0.05) is 5.02 Å². The van der Waals surface area contributed by atoms with Crippen LogP contribution in [0.2, 0.25) is 5.02 Å². The normalized spacial score (nSPS) is 14.1. The van der Waals surface area contributed by atoms with Gasteiger partial charge in [-0.3, -0.25) is 9.59 Å². The number of aliphatic hydroxyl groups is 1. The number of benzene rings is 1. The SMILES string of the molecule is C=CC(O)C(=O)C(C)(C)C(=O)C(Br)Oc1ccc(Cl)cc1. The highest BCUT2D eigenvalue weighted by Crippen LogP contribution is 2.27. The van der Waals surface area contributed by atoms with E-state index in [9.17, 15) is 14.7 Å². The van der Waals surface area contributed by atoms with Crippen LogP contribution in [0.25, 0.3) is 0 Å². The Bertz CT molecular complexity index is 539. The number of hydrogen-bond donors (Lipinski definition) is 1. The van der Waals surface area contributed by atoms with Crippen LogP contribution in [0, 0.1) is 5.41 Å². The molecule has 0 saturated carbocycles. The number of alkyl halides is 1. The molecule has 1 N–H and O–H groups in total. The van der Waals surface area contributed by atoms with E-state index in [1.807, 2.05) is 0 Å². The third-order valence-corrected chi connectivity index (χ3v) is 3.84. The highest BCUT2D eigenvalue weighted by Gasteiger charge is 2.42. The Hall–Kier alpha value is -1.17. The zero-order valence-electron chi connectivity index (χ0n) is 11.7. The summed E-state index contributed by atoms with van der Waals surface area (Å²) < 4.78 is 5.43. The van der Waals surface area contributed by atoms with Crippen molar-refractivity contribution < 1.29 is 19.4 Å². The molecule has 1 aromatic rings. The van der Waals surface area contributed by atoms with E-state index >= 15 is 0 Å². The van der Waals surface area contributed by atoms with Gasteiger partial charge in [-0.15, -0.1) is 6.58 Å². The summed E-state index contributed by atoms with van der Waals surface area (Å²) in [6, 6.07) is 6.46. The molecule has 0 aliphatic heterocycles. The molecule has 2 atom stereocenters. The second-order valence-corrected chi connectivity index (χ2v) is 6.19. The molecule has 21 heavy (non-hydrogen) atoms. The van der Waals surface area contributed by atoms with Crippen LogP contribution in [0.3, 0.4) is 0 Å². The van der Waals surface area contributed by atoms with Gasteiger partial charge in [0.2, 0.25) is 5.01 Å². The summed E-state index contributed by atoms with van der Waals surface area (Å²) in [6.45, 7) is 6.21. The largest absolute Gasteiger partial charge is 0.471 e. The lowest BCUT2D eigenvalue weighted by atomic mass is 9.81. The predicted molar refractivity (Wildman–Crippen MR) is 84.8 cm³/mol. The molecule has 0 amide bonds. The molecule has 6 heteroatoms. The molecule has 0 aliphatic rings. The molecule has 4 nitrogen and oxygen atoms in total. The molecule has 0 aromatic heterocycles. The highest BCUT2D eigenvalue weighted by molar-refractivity contribution is 9.09. The van der Waals surface area contributed by atoms with Gasteiger partial charge in [-0.2, -0.15) is 0 Å². The van der Waals surface area contributed by atoms with Crippen LogP contribution in [-0.2, 0) is 9.59 Å². The number of halogens is 2. The van der Waals surface area contributed by atoms with Crippen molar-refractivity contribution in [3.63, 3.8) is 0 Å². The summed E-state index contributed by atoms with van der Waals surface area (Å²) in [6.07, 6.45) is -0.306. The lowest BCUT2D eigenvalue weighted by Crippen LogP contribution is -2.44. The Morgan fingerprint density at radius 3 is 2.33 bits per heavy atom. The fourth-order valence-electron chi connectivity index (χ4n) is 1.57. The van der Waals surface area contributed by atoms with Crippen LogP contribution >= 0.6 is 27.5 Å². The van der Waals surface area contributed by atoms with Crippen LogP contribution in [0.4, 0.5) is 0 Å². The van der Waals surface area contributed by atoms with Gasteiger partial charge in [-0.1, -0.05) is 17.7 Å². The van der Waals surface area contributed by atoms with Crippen LogP contribution in [0.5, 0.6) is 5.75 Å². The molecule has 0 saturated heterocycles. The average molecular weight is 376 g/mol. The number of aliphatic hydroxyl groups excluding tert-OH is 1. The monoisotopic (exact) mass is 374 g/mol. The van der Waals surface area contributed by atoms with E-state index in [4.69, 9.17) is 16.3 Å². The highest BCUT2D eigenvalue weighted by atomic mass is 79.9. The topological polar surface area (TPSA) is 63.6 Å². The summed E-state index contributed by atoms with van der Waals surface area (Å²) in [7, 11) is 0. The lowest BCUT2D eigenvalue weighted by Gasteiger charge is -2.26. The number of Topliss-reactive ketones (excluding diaryl/α,β-unsaturated/α-hetero) is 2. The van der Waals surface area contributed by atoms with Crippen molar-refractivity contribution >= 4 is 39.1 Å². The third kappa shape index (κ3) is 4.40. The number of ketones is 2. The molecule has 0 bridgehead atoms. The van der Waals surface area contributed by atoms with E-state index in [2.05, 4.69) is 22.5 Å². The quantitative estimate of drug-likeness (QED) is 0.452. The van der Waals surface area contributed by atoms with Gasteiger partial charge in [-0.25, -0.2) is 0 Å². The Morgan fingerprint density at radius 2 is 1.86 bits per heavy atom. The van der Waals surface area contributed by atoms with Gasteiger partial charge >= 0.3 is 0 Å². The number of rotatable bonds is 7. The van der Waals surface area contributed by atoms with E-state index in [1.54, 1.807) is 24.3 Å². The third-order valence-electron chi connectivity index (χ3n) is 2.98. The molecule has 0 aliphatic carbocycles. The second-order valence-electron chi connectivity index (χ2n) is 4.92. The first kappa shape index (κ1) is 17.9. The Balaban J connectivity index is 2.83. The minimum absolute atomic E-state index is 0.433. The minimum Gasteiger partial charge on any atom is -0.471 e. The number of ether oxygens (including phenoxy) is 1. The molecule has 1 aromatic carbocycles. The van der Waals surface area contributed by atoms with E-state index in [0.717, 1.165) is 6.08 Å². The zero-order valence-corrected chi connectivity index (χ0v) is 14.0. The molecule has 0 heterocycles. The molecular weight excluding hydrogens is 360 g/mol. The fourth-order valence-corrected chi connectivity index (χ4v) is 2.48. The Kier molecular flexibility index (Phi) is 6.13. The van der Waals surface area contributed by atoms with Gasteiger partial charge in [0.25, 0.3) is 0 Å². The Labute approximate surface area is 136 Å². The van der Waals surface area contributed by atoms with Gasteiger partial charge < -0.3 is 9.84 Å². The van der Waals surface area contributed by atoms with Crippen molar-refractivity contribution in [2.24, 2.45) is 5.41 Å². The van der Waals surface area contributed by atoms with E-state index in [0.29, 0.717) is 10.8 Å². The van der Waals surface area contributed by atoms with Gasteiger partial charge in [0.15, 0.2) is 11.6 Å². The first-order valence-corrected chi connectivity index (χ1v) is 7.45. The van der Waals surface area contributed by atoms with Crippen molar-refractivity contribution in [1.82, 2.24) is 0 Å². The maximum Gasteiger partial charge on any atom is 0.212 e. The average Bonchev–Trinajstić information content (AvgIpc) is 2.46. The van der Waals surface area contributed by atoms with Crippen LogP contribution in [0.15, 0.2) is 36.9 Å². The van der Waals surface area contributed by atoms with Crippen molar-refractivity contribution in [3.05, 3.63) is 41.9 Å². The van der Waals surface area contributed by atoms with Gasteiger partial charge in [-0.05, 0) is 54.0 Å². The maximum absolute atomic E-state index is 12.3. The fraction of sp³-hybridized carbons (Fsp3) is 0.333. The van der Waals surface area contributed by atoms with Crippen molar-refractivity contribution in [2.75, 3.05) is 0 Å². The first-order chi connectivity index (χ1) is 9.70. The van der Waals surface area contributed by atoms with E-state index < -0.39 is 28.1 Å². The smallest absolute Gasteiger partial charge is 0.212 e. The van der Waals surface area contributed by atoms with Crippen LogP contribution in [-0.4, -0.2) is 27.8 Å². The molecular formula is C15H16BrClO4. The molecule has 2 unspecified atom stereocenters. The second kappa shape index (κ2) is 7.20. The van der Waals surface area contributed by atoms with Crippen LogP contribution < -0.4 is 4.74 Å². The summed E-state index contributed by atoms with van der Waals surface area (Å²) >= 11 is 8.87. The summed E-state index contributed by atoms with van der Waals surface area (Å²) in [4.78, 5) is 24.3. The summed E-state index contributed by atoms with van der Waals surface area (Å²) in [5.74, 6) is -0.697. The maximum atomic E-state index is 12.3. The standard InChI is InChI=1S/C15H16BrClO4/c1-4-11(18)12(19)15(2,3)13(20)14(16)21-10-7-5-9(17)6-8-10/h4-8,11,14,18H,1H2,2-3H3. The molecule has 0 radical (unpaired) electrons. The van der Waals surface area contributed by atoms with E-state index in [1.165, 1.54) is 13.8 Å². The molecule has 0 spiro atoms. The summed E-state index contributed by atoms with van der Waals surface area (Å²) in [5.41, 5.74) is -1.41. The minimum atomic E-state index is -1.41. The van der Waals surface area contributed by atoms with E-state index in [-0.39, 0.29) is 0 Å². The van der Waals surface area contributed by atoms with Gasteiger partial charge in [0.05, 0.1) is 5.41 Å². The van der Waals surface area contributed by atoms with Crippen molar-refractivity contribution in [2.45, 2.75) is 25.0 Å². The van der Waals surface area contributed by atoms with Crippen molar-refractivity contribution in [3.8, 4) is 5.75 Å². The van der Waals surface area contributed by atoms with Gasteiger partial charge in [0.1, 0.15) is 11.9 Å². The first-order valence-electron chi connectivity index (χ1n) is 6.15. The zero-order chi connectivity index (χ0) is 16.2. The van der Waals surface area contributed by atoms with Crippen LogP contribution in [0.1, 0.15) is 13.8 Å². The number of carbonyl (C=O) groups is 2. The lowest BCUT2D eigenvalue weighted by molar-refractivity contribution is -0.144. The number of hydrogen-bond acceptors (Lipinski definition) is 4. The number of carbonyl (C=O) groups excluding carboxylic acids is 2. The Morgan fingerprint density at radius 1 is 1.33 bits per heavy atom.